The van der Waals surface area contributed by atoms with E-state index in [9.17, 15) is 4.79 Å². The second-order valence-corrected chi connectivity index (χ2v) is 3.55. The smallest absolute Gasteiger partial charge is 0.171 e. The zero-order chi connectivity index (χ0) is 9.26. The summed E-state index contributed by atoms with van der Waals surface area (Å²) >= 11 is 3.29. The maximum atomic E-state index is 10.7. The van der Waals surface area contributed by atoms with Crippen molar-refractivity contribution >= 4 is 22.2 Å². The van der Waals surface area contributed by atoms with Crippen molar-refractivity contribution in [1.29, 1.82) is 0 Å². The molecule has 68 valence electrons. The molecule has 0 amide bonds. The number of carbonyl (C=O) groups excluding carboxylic acids is 1. The summed E-state index contributed by atoms with van der Waals surface area (Å²) in [6.07, 6.45) is 0.762. The second kappa shape index (κ2) is 3.38. The lowest BCUT2D eigenvalue weighted by Crippen LogP contribution is -2.16. The second-order valence-electron chi connectivity index (χ2n) is 2.64. The number of rotatable bonds is 1. The molecule has 0 aliphatic carbocycles. The van der Waals surface area contributed by atoms with Gasteiger partial charge in [0.05, 0.1) is 5.56 Å². The summed E-state index contributed by atoms with van der Waals surface area (Å²) in [5.74, 6) is 1.17. The van der Waals surface area contributed by atoms with E-state index in [4.69, 9.17) is 9.47 Å². The molecule has 0 saturated carbocycles. The van der Waals surface area contributed by atoms with Crippen LogP contribution >= 0.6 is 15.9 Å². The van der Waals surface area contributed by atoms with Crippen molar-refractivity contribution < 1.29 is 14.3 Å². The van der Waals surface area contributed by atoms with Crippen LogP contribution in [-0.2, 0) is 0 Å². The Bertz CT molecular complexity index is 349. The molecule has 0 saturated heterocycles. The number of halogens is 1. The fourth-order valence-electron chi connectivity index (χ4n) is 1.23. The molecule has 4 heteroatoms. The molecule has 0 bridgehead atoms. The molecule has 3 nitrogen and oxygen atoms in total. The van der Waals surface area contributed by atoms with Gasteiger partial charge in [-0.15, -0.1) is 0 Å². The van der Waals surface area contributed by atoms with Crippen LogP contribution in [0.3, 0.4) is 0 Å². The highest BCUT2D eigenvalue weighted by molar-refractivity contribution is 9.10. The third kappa shape index (κ3) is 1.54. The first-order valence-electron chi connectivity index (χ1n) is 3.85. The predicted molar refractivity (Wildman–Crippen MR) is 50.5 cm³/mol. The van der Waals surface area contributed by atoms with Crippen molar-refractivity contribution in [3.8, 4) is 11.5 Å². The highest BCUT2D eigenvalue weighted by Gasteiger charge is 2.16. The minimum Gasteiger partial charge on any atom is -0.486 e. The number of fused-ring (bicyclic) bond motifs is 1. The molecule has 0 fully saturated rings. The largest absolute Gasteiger partial charge is 0.486 e. The Morgan fingerprint density at radius 3 is 2.85 bits per heavy atom. The highest BCUT2D eigenvalue weighted by atomic mass is 79.9. The van der Waals surface area contributed by atoms with Gasteiger partial charge < -0.3 is 9.47 Å². The van der Waals surface area contributed by atoms with E-state index in [1.807, 2.05) is 0 Å². The third-order valence-electron chi connectivity index (χ3n) is 1.76. The summed E-state index contributed by atoms with van der Waals surface area (Å²) in [5, 5.41) is 0. The van der Waals surface area contributed by atoms with Gasteiger partial charge in [-0.05, 0) is 12.1 Å². The van der Waals surface area contributed by atoms with Gasteiger partial charge in [0.25, 0.3) is 0 Å². The zero-order valence-corrected chi connectivity index (χ0v) is 8.33. The molecule has 1 aromatic carbocycles. The number of aldehydes is 1. The number of hydrogen-bond donors (Lipinski definition) is 0. The topological polar surface area (TPSA) is 35.5 Å². The first kappa shape index (κ1) is 8.56. The maximum absolute atomic E-state index is 10.7. The normalized spacial score (nSPS) is 13.9. The summed E-state index contributed by atoms with van der Waals surface area (Å²) in [5.41, 5.74) is 0.518. The summed E-state index contributed by atoms with van der Waals surface area (Å²) in [7, 11) is 0. The predicted octanol–water partition coefficient (Wildman–Crippen LogP) is 2.03. The van der Waals surface area contributed by atoms with Gasteiger partial charge in [0, 0.05) is 4.47 Å². The first-order chi connectivity index (χ1) is 6.31. The molecule has 1 aromatic rings. The van der Waals surface area contributed by atoms with E-state index in [0.717, 1.165) is 10.8 Å². The maximum Gasteiger partial charge on any atom is 0.171 e. The molecule has 0 spiro atoms. The van der Waals surface area contributed by atoms with Crippen LogP contribution in [0.15, 0.2) is 16.6 Å². The summed E-state index contributed by atoms with van der Waals surface area (Å²) < 4.78 is 11.5. The van der Waals surface area contributed by atoms with Crippen molar-refractivity contribution in [2.75, 3.05) is 13.2 Å². The lowest BCUT2D eigenvalue weighted by atomic mass is 10.2. The molecule has 1 aliphatic rings. The SMILES string of the molecule is O=Cc1cc(Br)cc2c1OCCO2. The van der Waals surface area contributed by atoms with Crippen LogP contribution in [-0.4, -0.2) is 19.5 Å². The molecule has 1 heterocycles. The number of benzene rings is 1. The van der Waals surface area contributed by atoms with Gasteiger partial charge in [0.1, 0.15) is 13.2 Å². The molecule has 0 unspecified atom stereocenters. The van der Waals surface area contributed by atoms with Crippen LogP contribution in [0.2, 0.25) is 0 Å². The Kier molecular flexibility index (Phi) is 2.22. The molecule has 0 aromatic heterocycles. The zero-order valence-electron chi connectivity index (χ0n) is 6.75. The van der Waals surface area contributed by atoms with Gasteiger partial charge in [0.15, 0.2) is 17.8 Å². The minimum absolute atomic E-state index is 0.496. The van der Waals surface area contributed by atoms with Crippen LogP contribution in [0.4, 0.5) is 0 Å². The molecule has 0 atom stereocenters. The van der Waals surface area contributed by atoms with E-state index < -0.39 is 0 Å². The Morgan fingerprint density at radius 2 is 2.08 bits per heavy atom. The van der Waals surface area contributed by atoms with Crippen molar-refractivity contribution in [2.24, 2.45) is 0 Å². The quantitative estimate of drug-likeness (QED) is 0.708. The third-order valence-corrected chi connectivity index (χ3v) is 2.22. The summed E-state index contributed by atoms with van der Waals surface area (Å²) in [6.45, 7) is 1.03. The first-order valence-corrected chi connectivity index (χ1v) is 4.65. The van der Waals surface area contributed by atoms with Crippen LogP contribution in [0.25, 0.3) is 0 Å². The molecule has 13 heavy (non-hydrogen) atoms. The van der Waals surface area contributed by atoms with Gasteiger partial charge in [-0.1, -0.05) is 15.9 Å². The summed E-state index contributed by atoms with van der Waals surface area (Å²) in [4.78, 5) is 10.7. The average Bonchev–Trinajstić information content (AvgIpc) is 2.16. The van der Waals surface area contributed by atoms with Crippen molar-refractivity contribution in [3.63, 3.8) is 0 Å². The van der Waals surface area contributed by atoms with Gasteiger partial charge in [-0.2, -0.15) is 0 Å². The fourth-order valence-corrected chi connectivity index (χ4v) is 1.69. The van der Waals surface area contributed by atoms with E-state index in [1.54, 1.807) is 12.1 Å². The van der Waals surface area contributed by atoms with Gasteiger partial charge >= 0.3 is 0 Å². The Labute approximate surface area is 83.8 Å². The molecular formula is C9H7BrO3. The van der Waals surface area contributed by atoms with Crippen LogP contribution in [0.1, 0.15) is 10.4 Å². The Balaban J connectivity index is 2.56. The minimum atomic E-state index is 0.496. The lowest BCUT2D eigenvalue weighted by Gasteiger charge is -2.19. The van der Waals surface area contributed by atoms with Crippen molar-refractivity contribution in [3.05, 3.63) is 22.2 Å². The van der Waals surface area contributed by atoms with E-state index in [2.05, 4.69) is 15.9 Å². The van der Waals surface area contributed by atoms with Gasteiger partial charge in [0.2, 0.25) is 0 Å². The van der Waals surface area contributed by atoms with Crippen molar-refractivity contribution in [1.82, 2.24) is 0 Å². The number of ether oxygens (including phenoxy) is 2. The van der Waals surface area contributed by atoms with Gasteiger partial charge in [-0.25, -0.2) is 0 Å². The van der Waals surface area contributed by atoms with Crippen molar-refractivity contribution in [2.45, 2.75) is 0 Å². The van der Waals surface area contributed by atoms with Gasteiger partial charge in [-0.3, -0.25) is 4.79 Å². The highest BCUT2D eigenvalue weighted by Crippen LogP contribution is 2.35. The standard InChI is InChI=1S/C9H7BrO3/c10-7-3-6(5-11)9-8(4-7)12-1-2-13-9/h3-5H,1-2H2. The molecular weight excluding hydrogens is 236 g/mol. The van der Waals surface area contributed by atoms with Crippen LogP contribution in [0, 0.1) is 0 Å². The Morgan fingerprint density at radius 1 is 1.31 bits per heavy atom. The molecule has 1 aliphatic heterocycles. The summed E-state index contributed by atoms with van der Waals surface area (Å²) in [6, 6.07) is 3.50. The van der Waals surface area contributed by atoms with E-state index in [1.165, 1.54) is 0 Å². The average molecular weight is 243 g/mol. The van der Waals surface area contributed by atoms with E-state index >= 15 is 0 Å². The fraction of sp³-hybridized carbons (Fsp3) is 0.222. The number of hydrogen-bond acceptors (Lipinski definition) is 3. The Hall–Kier alpha value is -1.03. The van der Waals surface area contributed by atoms with E-state index in [0.29, 0.717) is 30.3 Å². The van der Waals surface area contributed by atoms with Crippen LogP contribution < -0.4 is 9.47 Å². The monoisotopic (exact) mass is 242 g/mol. The molecule has 0 radical (unpaired) electrons. The van der Waals surface area contributed by atoms with E-state index in [-0.39, 0.29) is 0 Å². The molecule has 2 rings (SSSR count). The lowest BCUT2D eigenvalue weighted by molar-refractivity contribution is 0.111. The number of carbonyl (C=O) groups is 1. The van der Waals surface area contributed by atoms with Crippen LogP contribution in [0.5, 0.6) is 11.5 Å². The molecule has 0 N–H and O–H groups in total.